The smallest absolute Gasteiger partial charge is 0.247 e. The van der Waals surface area contributed by atoms with Gasteiger partial charge in [-0.05, 0) is 50.3 Å². The monoisotopic (exact) mass is 359 g/mol. The number of carbonyl (C=O) groups excluding carboxylic acids is 1. The number of aryl methyl sites for hydroxylation is 2. The second kappa shape index (κ2) is 8.14. The van der Waals surface area contributed by atoms with Gasteiger partial charge in [-0.2, -0.15) is 4.98 Å². The first-order valence-corrected chi connectivity index (χ1v) is 8.51. The van der Waals surface area contributed by atoms with Crippen LogP contribution in [-0.4, -0.2) is 15.9 Å². The zero-order valence-electron chi connectivity index (χ0n) is 15.3. The highest BCUT2D eigenvalue weighted by Gasteiger charge is 2.06. The molecule has 0 spiro atoms. The molecule has 136 valence electrons. The molecule has 0 bridgehead atoms. The molecule has 0 atom stereocenters. The predicted molar refractivity (Wildman–Crippen MR) is 110 cm³/mol. The first kappa shape index (κ1) is 18.1. The number of carbonyl (C=O) groups is 1. The molecule has 2 aromatic carbocycles. The van der Waals surface area contributed by atoms with Gasteiger partial charge in [-0.25, -0.2) is 4.98 Å². The molecule has 6 heteroatoms. The number of amides is 1. The first-order chi connectivity index (χ1) is 13.0. The Balaban J connectivity index is 1.78. The summed E-state index contributed by atoms with van der Waals surface area (Å²) in [5.41, 5.74) is 4.53. The van der Waals surface area contributed by atoms with Crippen molar-refractivity contribution in [3.63, 3.8) is 0 Å². The fraction of sp³-hybridized carbons (Fsp3) is 0.0952. The molecule has 0 aliphatic heterocycles. The fourth-order valence-electron chi connectivity index (χ4n) is 2.40. The quantitative estimate of drug-likeness (QED) is 0.556. The SMILES string of the molecule is C=CC(=O)Nc1cccc(Nc2ncc(C)c(Nc3ccc(C)cc3)n2)c1. The molecule has 0 saturated heterocycles. The van der Waals surface area contributed by atoms with Crippen LogP contribution in [0.5, 0.6) is 0 Å². The number of rotatable bonds is 6. The van der Waals surface area contributed by atoms with Crippen LogP contribution in [0.2, 0.25) is 0 Å². The van der Waals surface area contributed by atoms with Gasteiger partial charge in [0.2, 0.25) is 11.9 Å². The first-order valence-electron chi connectivity index (χ1n) is 8.51. The van der Waals surface area contributed by atoms with E-state index in [4.69, 9.17) is 0 Å². The van der Waals surface area contributed by atoms with E-state index >= 15 is 0 Å². The number of aromatic nitrogens is 2. The number of benzene rings is 2. The summed E-state index contributed by atoms with van der Waals surface area (Å²) in [6, 6.07) is 15.4. The molecule has 1 amide bonds. The molecule has 1 heterocycles. The normalized spacial score (nSPS) is 10.1. The molecule has 0 saturated carbocycles. The standard InChI is InChI=1S/C21H21N5O/c1-4-19(27)23-17-6-5-7-18(12-17)25-21-22-13-15(3)20(26-21)24-16-10-8-14(2)9-11-16/h4-13H,1H2,2-3H3,(H,23,27)(H2,22,24,25,26). The number of anilines is 5. The van der Waals surface area contributed by atoms with E-state index in [2.05, 4.69) is 32.5 Å². The van der Waals surface area contributed by atoms with Crippen molar-refractivity contribution in [2.24, 2.45) is 0 Å². The summed E-state index contributed by atoms with van der Waals surface area (Å²) in [4.78, 5) is 20.3. The van der Waals surface area contributed by atoms with Crippen LogP contribution in [0.3, 0.4) is 0 Å². The lowest BCUT2D eigenvalue weighted by atomic mass is 10.2. The van der Waals surface area contributed by atoms with Crippen LogP contribution < -0.4 is 16.0 Å². The third kappa shape index (κ3) is 4.92. The van der Waals surface area contributed by atoms with Gasteiger partial charge in [0.25, 0.3) is 0 Å². The minimum Gasteiger partial charge on any atom is -0.340 e. The number of nitrogens with one attached hydrogen (secondary N) is 3. The largest absolute Gasteiger partial charge is 0.340 e. The second-order valence-electron chi connectivity index (χ2n) is 6.12. The van der Waals surface area contributed by atoms with Gasteiger partial charge >= 0.3 is 0 Å². The Morgan fingerprint density at radius 3 is 2.48 bits per heavy atom. The van der Waals surface area contributed by atoms with Crippen LogP contribution in [0.4, 0.5) is 28.8 Å². The third-order valence-electron chi connectivity index (χ3n) is 3.86. The highest BCUT2D eigenvalue weighted by atomic mass is 16.1. The molecule has 0 aliphatic rings. The van der Waals surface area contributed by atoms with Gasteiger partial charge in [-0.1, -0.05) is 30.3 Å². The summed E-state index contributed by atoms with van der Waals surface area (Å²) in [6.45, 7) is 7.45. The van der Waals surface area contributed by atoms with E-state index in [0.717, 1.165) is 22.8 Å². The van der Waals surface area contributed by atoms with Gasteiger partial charge in [0, 0.05) is 28.8 Å². The molecule has 3 aromatic rings. The van der Waals surface area contributed by atoms with Crippen LogP contribution in [0.1, 0.15) is 11.1 Å². The van der Waals surface area contributed by atoms with Gasteiger partial charge in [-0.3, -0.25) is 4.79 Å². The Labute approximate surface area is 158 Å². The van der Waals surface area contributed by atoms with Crippen molar-refractivity contribution in [2.75, 3.05) is 16.0 Å². The van der Waals surface area contributed by atoms with Gasteiger partial charge in [0.05, 0.1) is 0 Å². The van der Waals surface area contributed by atoms with E-state index in [0.29, 0.717) is 11.6 Å². The second-order valence-corrected chi connectivity index (χ2v) is 6.12. The van der Waals surface area contributed by atoms with Crippen LogP contribution >= 0.6 is 0 Å². The zero-order chi connectivity index (χ0) is 19.2. The molecule has 0 aliphatic carbocycles. The van der Waals surface area contributed by atoms with E-state index in [1.165, 1.54) is 11.6 Å². The lowest BCUT2D eigenvalue weighted by Gasteiger charge is -2.12. The maximum atomic E-state index is 11.4. The van der Waals surface area contributed by atoms with E-state index in [-0.39, 0.29) is 5.91 Å². The van der Waals surface area contributed by atoms with Crippen molar-refractivity contribution in [3.8, 4) is 0 Å². The molecule has 0 radical (unpaired) electrons. The summed E-state index contributed by atoms with van der Waals surface area (Å²) in [7, 11) is 0. The number of hydrogen-bond donors (Lipinski definition) is 3. The fourth-order valence-corrected chi connectivity index (χ4v) is 2.40. The highest BCUT2D eigenvalue weighted by molar-refractivity contribution is 5.99. The Morgan fingerprint density at radius 2 is 1.74 bits per heavy atom. The predicted octanol–water partition coefficient (Wildman–Crippen LogP) is 4.71. The molecular formula is C21H21N5O. The average Bonchev–Trinajstić information content (AvgIpc) is 2.66. The molecular weight excluding hydrogens is 338 g/mol. The lowest BCUT2D eigenvalue weighted by molar-refractivity contribution is -0.111. The van der Waals surface area contributed by atoms with E-state index in [1.54, 1.807) is 18.3 Å². The average molecular weight is 359 g/mol. The maximum Gasteiger partial charge on any atom is 0.247 e. The van der Waals surface area contributed by atoms with Gasteiger partial charge in [-0.15, -0.1) is 0 Å². The minimum atomic E-state index is -0.261. The van der Waals surface area contributed by atoms with Crippen LogP contribution in [0, 0.1) is 13.8 Å². The van der Waals surface area contributed by atoms with Gasteiger partial charge in [0.15, 0.2) is 0 Å². The highest BCUT2D eigenvalue weighted by Crippen LogP contribution is 2.22. The Morgan fingerprint density at radius 1 is 1.00 bits per heavy atom. The van der Waals surface area contributed by atoms with E-state index in [1.807, 2.05) is 50.2 Å². The molecule has 3 N–H and O–H groups in total. The van der Waals surface area contributed by atoms with Gasteiger partial charge in [0.1, 0.15) is 5.82 Å². The van der Waals surface area contributed by atoms with Crippen LogP contribution in [-0.2, 0) is 4.79 Å². The van der Waals surface area contributed by atoms with Crippen molar-refractivity contribution < 1.29 is 4.79 Å². The molecule has 6 nitrogen and oxygen atoms in total. The third-order valence-corrected chi connectivity index (χ3v) is 3.86. The molecule has 1 aromatic heterocycles. The summed E-state index contributed by atoms with van der Waals surface area (Å²) >= 11 is 0. The Hall–Kier alpha value is -3.67. The van der Waals surface area contributed by atoms with Crippen molar-refractivity contribution in [1.82, 2.24) is 9.97 Å². The molecule has 3 rings (SSSR count). The van der Waals surface area contributed by atoms with Crippen molar-refractivity contribution >= 4 is 34.7 Å². The van der Waals surface area contributed by atoms with Crippen molar-refractivity contribution in [3.05, 3.63) is 78.5 Å². The minimum absolute atomic E-state index is 0.261. The summed E-state index contributed by atoms with van der Waals surface area (Å²) < 4.78 is 0. The van der Waals surface area contributed by atoms with Crippen molar-refractivity contribution in [1.29, 1.82) is 0 Å². The number of nitrogens with zero attached hydrogens (tertiary/aromatic N) is 2. The molecule has 27 heavy (non-hydrogen) atoms. The number of hydrogen-bond acceptors (Lipinski definition) is 5. The molecule has 0 unspecified atom stereocenters. The van der Waals surface area contributed by atoms with Crippen LogP contribution in [0.15, 0.2) is 67.4 Å². The molecule has 0 fully saturated rings. The Bertz CT molecular complexity index is 967. The topological polar surface area (TPSA) is 78.9 Å². The van der Waals surface area contributed by atoms with Gasteiger partial charge < -0.3 is 16.0 Å². The Kier molecular flexibility index (Phi) is 5.47. The van der Waals surface area contributed by atoms with E-state index < -0.39 is 0 Å². The maximum absolute atomic E-state index is 11.4. The summed E-state index contributed by atoms with van der Waals surface area (Å²) in [5.74, 6) is 0.929. The summed E-state index contributed by atoms with van der Waals surface area (Å²) in [6.07, 6.45) is 2.99. The van der Waals surface area contributed by atoms with Crippen molar-refractivity contribution in [2.45, 2.75) is 13.8 Å². The zero-order valence-corrected chi connectivity index (χ0v) is 15.3. The lowest BCUT2D eigenvalue weighted by Crippen LogP contribution is -2.07. The van der Waals surface area contributed by atoms with E-state index in [9.17, 15) is 4.79 Å². The van der Waals surface area contributed by atoms with Crippen LogP contribution in [0.25, 0.3) is 0 Å². The summed E-state index contributed by atoms with van der Waals surface area (Å²) in [5, 5.41) is 9.20.